The Balaban J connectivity index is 1.82. The molecule has 3 N–H and O–H groups in total. The fourth-order valence-corrected chi connectivity index (χ4v) is 2.36. The molecule has 0 radical (unpaired) electrons. The highest BCUT2D eigenvalue weighted by Gasteiger charge is 2.13. The van der Waals surface area contributed by atoms with Crippen LogP contribution >= 0.6 is 11.6 Å². The lowest BCUT2D eigenvalue weighted by atomic mass is 10.1. The van der Waals surface area contributed by atoms with Crippen molar-refractivity contribution in [2.45, 2.75) is 0 Å². The molecular weight excluding hydrogens is 330 g/mol. The van der Waals surface area contributed by atoms with Crippen LogP contribution in [0.3, 0.4) is 0 Å². The summed E-state index contributed by atoms with van der Waals surface area (Å²) in [5.74, 6) is 0.603. The van der Waals surface area contributed by atoms with Gasteiger partial charge in [-0.25, -0.2) is 0 Å². The van der Waals surface area contributed by atoms with E-state index in [4.69, 9.17) is 21.6 Å². The van der Waals surface area contributed by atoms with Crippen molar-refractivity contribution in [1.29, 1.82) is 5.26 Å². The Bertz CT molecular complexity index is 938. The predicted molar refractivity (Wildman–Crippen MR) is 89.0 cm³/mol. The highest BCUT2D eigenvalue weighted by molar-refractivity contribution is 6.31. The van der Waals surface area contributed by atoms with Gasteiger partial charge in [0.25, 0.3) is 5.91 Å². The summed E-state index contributed by atoms with van der Waals surface area (Å²) in [7, 11) is 1.56. The van der Waals surface area contributed by atoms with Gasteiger partial charge in [0.05, 0.1) is 18.4 Å². The van der Waals surface area contributed by atoms with Gasteiger partial charge in [0.2, 0.25) is 0 Å². The number of H-pyrrole nitrogens is 2. The van der Waals surface area contributed by atoms with Crippen molar-refractivity contribution in [3.05, 3.63) is 52.8 Å². The summed E-state index contributed by atoms with van der Waals surface area (Å²) in [4.78, 5) is 14.8. The molecule has 0 aliphatic rings. The van der Waals surface area contributed by atoms with Crippen LogP contribution in [0.2, 0.25) is 5.02 Å². The maximum Gasteiger partial charge on any atom is 0.258 e. The molecule has 2 aromatic heterocycles. The van der Waals surface area contributed by atoms with E-state index < -0.39 is 0 Å². The molecule has 3 aromatic rings. The lowest BCUT2D eigenvalue weighted by molar-refractivity contribution is 0.102. The molecular formula is C16H12ClN5O2. The van der Waals surface area contributed by atoms with Crippen LogP contribution in [-0.2, 0) is 0 Å². The van der Waals surface area contributed by atoms with Gasteiger partial charge in [0.15, 0.2) is 5.82 Å². The van der Waals surface area contributed by atoms with Crippen molar-refractivity contribution >= 4 is 23.3 Å². The first-order valence-electron chi connectivity index (χ1n) is 6.90. The number of nitrogens with zero attached hydrogens (tertiary/aromatic N) is 2. The Morgan fingerprint density at radius 3 is 2.92 bits per heavy atom. The first-order chi connectivity index (χ1) is 11.6. The third kappa shape index (κ3) is 3.09. The molecule has 1 aromatic carbocycles. The predicted octanol–water partition coefficient (Wildman–Crippen LogP) is 3.19. The molecule has 0 aliphatic carbocycles. The minimum atomic E-state index is -0.371. The van der Waals surface area contributed by atoms with E-state index in [0.29, 0.717) is 33.5 Å². The van der Waals surface area contributed by atoms with E-state index in [1.54, 1.807) is 31.4 Å². The van der Waals surface area contributed by atoms with Gasteiger partial charge in [-0.05, 0) is 24.3 Å². The smallest absolute Gasteiger partial charge is 0.258 e. The number of ether oxygens (including phenoxy) is 1. The molecule has 0 bridgehead atoms. The lowest BCUT2D eigenvalue weighted by Crippen LogP contribution is -2.11. The zero-order valence-electron chi connectivity index (χ0n) is 12.6. The summed E-state index contributed by atoms with van der Waals surface area (Å²) in [5, 5.41) is 18.9. The van der Waals surface area contributed by atoms with Crippen LogP contribution < -0.4 is 10.1 Å². The van der Waals surface area contributed by atoms with Gasteiger partial charge in [0.1, 0.15) is 17.5 Å². The average molecular weight is 342 g/mol. The molecule has 24 heavy (non-hydrogen) atoms. The molecule has 2 heterocycles. The molecule has 0 saturated heterocycles. The van der Waals surface area contributed by atoms with Gasteiger partial charge in [-0.15, -0.1) is 0 Å². The zero-order valence-corrected chi connectivity index (χ0v) is 13.3. The third-order valence-electron chi connectivity index (χ3n) is 3.34. The van der Waals surface area contributed by atoms with E-state index in [1.165, 1.54) is 12.3 Å². The number of amides is 1. The molecule has 1 amide bonds. The summed E-state index contributed by atoms with van der Waals surface area (Å²) in [6, 6.07) is 10.3. The molecule has 8 heteroatoms. The summed E-state index contributed by atoms with van der Waals surface area (Å²) in [5.41, 5.74) is 2.03. The van der Waals surface area contributed by atoms with E-state index >= 15 is 0 Å². The summed E-state index contributed by atoms with van der Waals surface area (Å²) in [6.45, 7) is 0. The monoisotopic (exact) mass is 341 g/mol. The zero-order chi connectivity index (χ0) is 17.1. The number of hydrogen-bond acceptors (Lipinski definition) is 4. The van der Waals surface area contributed by atoms with Gasteiger partial charge in [-0.1, -0.05) is 11.6 Å². The molecule has 120 valence electrons. The maximum atomic E-state index is 12.1. The Morgan fingerprint density at radius 1 is 1.38 bits per heavy atom. The van der Waals surface area contributed by atoms with Crippen molar-refractivity contribution in [3.63, 3.8) is 0 Å². The number of methoxy groups -OCH3 is 1. The number of nitriles is 1. The number of hydrogen-bond donors (Lipinski definition) is 3. The Labute approximate surface area is 142 Å². The molecule has 7 nitrogen and oxygen atoms in total. The fraction of sp³-hybridized carbons (Fsp3) is 0.0625. The average Bonchev–Trinajstić information content (AvgIpc) is 3.24. The Hall–Kier alpha value is -3.24. The second-order valence-corrected chi connectivity index (χ2v) is 5.32. The molecule has 0 aliphatic heterocycles. The Morgan fingerprint density at radius 2 is 2.21 bits per heavy atom. The number of carbonyl (C=O) groups is 1. The maximum absolute atomic E-state index is 12.1. The molecule has 0 fully saturated rings. The second-order valence-electron chi connectivity index (χ2n) is 4.88. The van der Waals surface area contributed by atoms with E-state index in [9.17, 15) is 4.79 Å². The van der Waals surface area contributed by atoms with Crippen LogP contribution in [-0.4, -0.2) is 28.2 Å². The Kier molecular flexibility index (Phi) is 4.22. The number of halogens is 1. The van der Waals surface area contributed by atoms with Crippen LogP contribution in [0.4, 0.5) is 5.82 Å². The van der Waals surface area contributed by atoms with E-state index in [-0.39, 0.29) is 5.91 Å². The van der Waals surface area contributed by atoms with Gasteiger partial charge < -0.3 is 15.0 Å². The normalized spacial score (nSPS) is 10.2. The molecule has 0 saturated carbocycles. The number of nitrogens with one attached hydrogen (secondary N) is 3. The first kappa shape index (κ1) is 15.6. The quantitative estimate of drug-likeness (QED) is 0.677. The fourth-order valence-electron chi connectivity index (χ4n) is 2.19. The summed E-state index contributed by atoms with van der Waals surface area (Å²) in [6.07, 6.45) is 1.46. The van der Waals surface area contributed by atoms with Gasteiger partial charge in [0, 0.05) is 22.8 Å². The topological polar surface area (TPSA) is 107 Å². The number of anilines is 1. The number of benzene rings is 1. The first-order valence-corrected chi connectivity index (χ1v) is 7.27. The lowest BCUT2D eigenvalue weighted by Gasteiger charge is -2.06. The molecule has 0 atom stereocenters. The van der Waals surface area contributed by atoms with Crippen molar-refractivity contribution < 1.29 is 9.53 Å². The largest absolute Gasteiger partial charge is 0.496 e. The van der Waals surface area contributed by atoms with E-state index in [2.05, 4.69) is 20.5 Å². The highest BCUT2D eigenvalue weighted by Crippen LogP contribution is 2.32. The van der Waals surface area contributed by atoms with E-state index in [0.717, 1.165) is 5.56 Å². The summed E-state index contributed by atoms with van der Waals surface area (Å²) < 4.78 is 5.30. The van der Waals surface area contributed by atoms with Gasteiger partial charge in [-0.2, -0.15) is 10.4 Å². The van der Waals surface area contributed by atoms with Crippen molar-refractivity contribution in [2.75, 3.05) is 12.4 Å². The van der Waals surface area contributed by atoms with Crippen LogP contribution in [0, 0.1) is 11.3 Å². The third-order valence-corrected chi connectivity index (χ3v) is 3.57. The number of carbonyl (C=O) groups excluding carboxylic acids is 1. The molecule has 0 unspecified atom stereocenters. The minimum absolute atomic E-state index is 0.312. The summed E-state index contributed by atoms with van der Waals surface area (Å²) >= 11 is 6.02. The highest BCUT2D eigenvalue weighted by atomic mass is 35.5. The van der Waals surface area contributed by atoms with Crippen LogP contribution in [0.5, 0.6) is 5.75 Å². The van der Waals surface area contributed by atoms with Crippen molar-refractivity contribution in [1.82, 2.24) is 15.2 Å². The minimum Gasteiger partial charge on any atom is -0.496 e. The number of rotatable bonds is 4. The standard InChI is InChI=1S/C16H12ClN5O2/c1-24-14-3-2-10(17)5-12(14)13-6-15(22-21-13)20-16(23)9-4-11(7-18)19-8-9/h2-6,8,19H,1H3,(H2,20,21,22,23). The molecule has 3 rings (SSSR count). The van der Waals surface area contributed by atoms with Gasteiger partial charge >= 0.3 is 0 Å². The number of aromatic amines is 2. The number of aromatic nitrogens is 3. The van der Waals surface area contributed by atoms with Crippen molar-refractivity contribution in [3.8, 4) is 23.1 Å². The van der Waals surface area contributed by atoms with Gasteiger partial charge in [-0.3, -0.25) is 9.89 Å². The SMILES string of the molecule is COc1ccc(Cl)cc1-c1cc(NC(=O)c2c[nH]c(C#N)c2)n[nH]1. The second kappa shape index (κ2) is 6.48. The van der Waals surface area contributed by atoms with Crippen molar-refractivity contribution in [2.24, 2.45) is 0 Å². The van der Waals surface area contributed by atoms with Crippen LogP contribution in [0.25, 0.3) is 11.3 Å². The molecule has 0 spiro atoms. The van der Waals surface area contributed by atoms with Crippen LogP contribution in [0.15, 0.2) is 36.5 Å². The van der Waals surface area contributed by atoms with E-state index in [1.807, 2.05) is 6.07 Å². The van der Waals surface area contributed by atoms with Crippen LogP contribution in [0.1, 0.15) is 16.1 Å².